The van der Waals surface area contributed by atoms with Gasteiger partial charge in [0.25, 0.3) is 0 Å². The number of carbonyl (C=O) groups excluding carboxylic acids is 1. The molecule has 1 saturated carbocycles. The summed E-state index contributed by atoms with van der Waals surface area (Å²) in [6.07, 6.45) is 9.02. The number of hydrogen-bond donors (Lipinski definition) is 0. The summed E-state index contributed by atoms with van der Waals surface area (Å²) < 4.78 is 25.5. The molecule has 10 nitrogen and oxygen atoms in total. The molecule has 2 aliphatic heterocycles. The largest absolute Gasteiger partial charge is 0.474 e. The molecule has 0 radical (unpaired) electrons. The van der Waals surface area contributed by atoms with Crippen molar-refractivity contribution >= 4 is 17.1 Å². The first-order valence-corrected chi connectivity index (χ1v) is 12.1. The van der Waals surface area contributed by atoms with Crippen molar-refractivity contribution < 1.29 is 23.7 Å². The first-order chi connectivity index (χ1) is 16.0. The lowest BCUT2D eigenvalue weighted by Crippen LogP contribution is -2.45. The van der Waals surface area contributed by atoms with Crippen LogP contribution in [0.4, 0.5) is 4.79 Å². The highest BCUT2D eigenvalue weighted by Gasteiger charge is 2.39. The molecular weight excluding hydrogens is 426 g/mol. The van der Waals surface area contributed by atoms with Crippen LogP contribution in [0.5, 0.6) is 5.88 Å². The summed E-state index contributed by atoms with van der Waals surface area (Å²) in [5, 5.41) is 5.44. The number of rotatable bonds is 4. The van der Waals surface area contributed by atoms with Crippen molar-refractivity contribution in [3.8, 4) is 5.88 Å². The Bertz CT molecular complexity index is 955. The number of fused-ring (bicyclic) bond motifs is 1. The number of nitrogens with zero attached hydrogens (tertiary/aromatic N) is 5. The molecule has 0 N–H and O–H groups in total. The van der Waals surface area contributed by atoms with Crippen LogP contribution < -0.4 is 4.74 Å². The van der Waals surface area contributed by atoms with Gasteiger partial charge in [0.1, 0.15) is 17.8 Å². The van der Waals surface area contributed by atoms with E-state index in [9.17, 15) is 4.79 Å². The van der Waals surface area contributed by atoms with Crippen molar-refractivity contribution in [2.45, 2.75) is 82.8 Å². The number of hydrogen-bond acceptors (Lipinski definition) is 8. The van der Waals surface area contributed by atoms with E-state index in [0.717, 1.165) is 69.2 Å². The highest BCUT2D eigenvalue weighted by atomic mass is 16.7. The summed E-state index contributed by atoms with van der Waals surface area (Å²) in [7, 11) is 0. The fraction of sp³-hybridized carbons (Fsp3) is 0.739. The summed E-state index contributed by atoms with van der Waals surface area (Å²) in [5.41, 5.74) is 0.773. The summed E-state index contributed by atoms with van der Waals surface area (Å²) in [5.74, 6) is 0.163. The summed E-state index contributed by atoms with van der Waals surface area (Å²) in [6.45, 7) is 6.55. The van der Waals surface area contributed by atoms with Gasteiger partial charge in [0.05, 0.1) is 31.6 Å². The zero-order valence-electron chi connectivity index (χ0n) is 19.4. The molecule has 1 amide bonds. The molecule has 5 rings (SSSR count). The van der Waals surface area contributed by atoms with Gasteiger partial charge in [0, 0.05) is 25.9 Å². The van der Waals surface area contributed by atoms with E-state index in [1.807, 2.05) is 18.5 Å². The maximum absolute atomic E-state index is 12.2. The van der Waals surface area contributed by atoms with Crippen molar-refractivity contribution in [3.05, 3.63) is 12.5 Å². The van der Waals surface area contributed by atoms with Gasteiger partial charge in [-0.05, 0) is 46.0 Å². The van der Waals surface area contributed by atoms with Crippen LogP contribution in [0.1, 0.15) is 64.8 Å². The van der Waals surface area contributed by atoms with E-state index in [-0.39, 0.29) is 24.3 Å². The molecule has 0 bridgehead atoms. The second kappa shape index (κ2) is 9.42. The number of likely N-dealkylation sites (tertiary alicyclic amines) is 1. The molecule has 1 aliphatic carbocycles. The van der Waals surface area contributed by atoms with Crippen LogP contribution in [0.3, 0.4) is 0 Å². The third kappa shape index (κ3) is 4.77. The van der Waals surface area contributed by atoms with Gasteiger partial charge in [-0.2, -0.15) is 5.10 Å². The maximum Gasteiger partial charge on any atom is 0.410 e. The second-order valence-corrected chi connectivity index (χ2v) is 9.43. The zero-order chi connectivity index (χ0) is 22.8. The van der Waals surface area contributed by atoms with Gasteiger partial charge >= 0.3 is 6.09 Å². The average molecular weight is 460 g/mol. The van der Waals surface area contributed by atoms with Crippen LogP contribution >= 0.6 is 0 Å². The van der Waals surface area contributed by atoms with E-state index in [0.29, 0.717) is 19.0 Å². The van der Waals surface area contributed by atoms with Gasteiger partial charge < -0.3 is 23.8 Å². The molecule has 2 aromatic rings. The SMILES string of the molecule is CC(C)OC(=O)N1CCC(n2ncc3c(OC4CCC5(CC4)OCCCO5)ncnc32)CC1. The van der Waals surface area contributed by atoms with Crippen molar-refractivity contribution in [3.63, 3.8) is 0 Å². The van der Waals surface area contributed by atoms with Gasteiger partial charge in [-0.1, -0.05) is 0 Å². The highest BCUT2D eigenvalue weighted by molar-refractivity contribution is 5.79. The molecule has 4 heterocycles. The predicted molar refractivity (Wildman–Crippen MR) is 119 cm³/mol. The van der Waals surface area contributed by atoms with Crippen LogP contribution in [0.2, 0.25) is 0 Å². The van der Waals surface area contributed by atoms with Gasteiger partial charge in [-0.15, -0.1) is 0 Å². The molecule has 0 aromatic carbocycles. The van der Waals surface area contributed by atoms with Crippen LogP contribution in [0, 0.1) is 0 Å². The van der Waals surface area contributed by atoms with Crippen molar-refractivity contribution in [1.82, 2.24) is 24.6 Å². The van der Waals surface area contributed by atoms with Gasteiger partial charge in [0.2, 0.25) is 5.88 Å². The smallest absolute Gasteiger partial charge is 0.410 e. The predicted octanol–water partition coefficient (Wildman–Crippen LogP) is 3.46. The first kappa shape index (κ1) is 22.3. The molecule has 3 aliphatic rings. The van der Waals surface area contributed by atoms with Gasteiger partial charge in [-0.3, -0.25) is 0 Å². The fourth-order valence-electron chi connectivity index (χ4n) is 4.98. The number of piperidine rings is 1. The minimum absolute atomic E-state index is 0.0707. The molecule has 2 aromatic heterocycles. The zero-order valence-corrected chi connectivity index (χ0v) is 19.4. The van der Waals surface area contributed by atoms with Crippen LogP contribution in [0.15, 0.2) is 12.5 Å². The Morgan fingerprint density at radius 1 is 1.12 bits per heavy atom. The maximum atomic E-state index is 12.2. The second-order valence-electron chi connectivity index (χ2n) is 9.43. The van der Waals surface area contributed by atoms with E-state index in [4.69, 9.17) is 18.9 Å². The normalized spacial score (nSPS) is 22.2. The molecule has 33 heavy (non-hydrogen) atoms. The molecule has 2 saturated heterocycles. The van der Waals surface area contributed by atoms with E-state index in [1.165, 1.54) is 0 Å². The van der Waals surface area contributed by atoms with Crippen molar-refractivity contribution in [2.24, 2.45) is 0 Å². The number of aromatic nitrogens is 4. The molecule has 1 spiro atoms. The topological polar surface area (TPSA) is 101 Å². The average Bonchev–Trinajstić information content (AvgIpc) is 3.26. The molecule has 3 fully saturated rings. The number of amides is 1. The fourth-order valence-corrected chi connectivity index (χ4v) is 4.98. The Morgan fingerprint density at radius 2 is 1.85 bits per heavy atom. The van der Waals surface area contributed by atoms with Gasteiger partial charge in [-0.25, -0.2) is 19.4 Å². The first-order valence-electron chi connectivity index (χ1n) is 12.1. The van der Waals surface area contributed by atoms with Crippen molar-refractivity contribution in [2.75, 3.05) is 26.3 Å². The minimum atomic E-state index is -0.416. The molecular formula is C23H33N5O5. The van der Waals surface area contributed by atoms with Crippen molar-refractivity contribution in [1.29, 1.82) is 0 Å². The van der Waals surface area contributed by atoms with Gasteiger partial charge in [0.15, 0.2) is 11.4 Å². The third-order valence-electron chi connectivity index (χ3n) is 6.75. The summed E-state index contributed by atoms with van der Waals surface area (Å²) >= 11 is 0. The molecule has 0 unspecified atom stereocenters. The van der Waals surface area contributed by atoms with E-state index >= 15 is 0 Å². The Hall–Kier alpha value is -2.46. The Kier molecular flexibility index (Phi) is 6.38. The molecule has 10 heteroatoms. The highest BCUT2D eigenvalue weighted by Crippen LogP contribution is 2.37. The Labute approximate surface area is 193 Å². The van der Waals surface area contributed by atoms with Crippen LogP contribution in [0.25, 0.3) is 11.0 Å². The minimum Gasteiger partial charge on any atom is -0.474 e. The lowest BCUT2D eigenvalue weighted by Gasteiger charge is -2.41. The van der Waals surface area contributed by atoms with Crippen LogP contribution in [-0.2, 0) is 14.2 Å². The number of carbonyl (C=O) groups is 1. The Morgan fingerprint density at radius 3 is 2.55 bits per heavy atom. The molecule has 0 atom stereocenters. The van der Waals surface area contributed by atoms with E-state index < -0.39 is 5.79 Å². The molecule has 180 valence electrons. The Balaban J connectivity index is 1.22. The monoisotopic (exact) mass is 459 g/mol. The quantitative estimate of drug-likeness (QED) is 0.685. The van der Waals surface area contributed by atoms with E-state index in [2.05, 4.69) is 15.1 Å². The third-order valence-corrected chi connectivity index (χ3v) is 6.75. The lowest BCUT2D eigenvalue weighted by atomic mass is 9.91. The lowest BCUT2D eigenvalue weighted by molar-refractivity contribution is -0.284. The standard InChI is InChI=1S/C23H33N5O5/c1-16(2)32-22(29)27-10-6-17(7-11-27)28-20-19(14-26-28)21(25-15-24-20)33-18-4-8-23(9-5-18)30-12-3-13-31-23/h14-18H,3-13H2,1-2H3. The summed E-state index contributed by atoms with van der Waals surface area (Å²) in [6, 6.07) is 0.170. The summed E-state index contributed by atoms with van der Waals surface area (Å²) in [4.78, 5) is 22.8. The number of ether oxygens (including phenoxy) is 4. The van der Waals surface area contributed by atoms with Crippen LogP contribution in [-0.4, -0.2) is 75.0 Å². The van der Waals surface area contributed by atoms with E-state index in [1.54, 1.807) is 17.4 Å².